The van der Waals surface area contributed by atoms with Gasteiger partial charge in [0.25, 0.3) is 5.91 Å². The lowest BCUT2D eigenvalue weighted by Crippen LogP contribution is -2.47. The number of amides is 3. The summed E-state index contributed by atoms with van der Waals surface area (Å²) in [5.41, 5.74) is 3.62. The van der Waals surface area contributed by atoms with Crippen LogP contribution in [0.5, 0.6) is 0 Å². The van der Waals surface area contributed by atoms with Crippen LogP contribution in [0.15, 0.2) is 18.2 Å². The maximum absolute atomic E-state index is 12.1. The number of nitrogens with one attached hydrogen (secondary N) is 2. The quantitative estimate of drug-likeness (QED) is 0.676. The van der Waals surface area contributed by atoms with Crippen molar-refractivity contribution < 1.29 is 14.7 Å². The molecule has 0 saturated carbocycles. The number of aliphatic hydroxyl groups excluding tert-OH is 1. The summed E-state index contributed by atoms with van der Waals surface area (Å²) < 4.78 is 0. The van der Waals surface area contributed by atoms with E-state index in [0.717, 1.165) is 27.6 Å². The number of fused-ring (bicyclic) bond motifs is 2. The SMILES string of the molecule is Cc1cc2cc3c(cc2nc1CO)C[C@@]1(C3)NC(=O)NC1=O. The highest BCUT2D eigenvalue weighted by Crippen LogP contribution is 2.35. The van der Waals surface area contributed by atoms with Crippen LogP contribution in [-0.4, -0.2) is 27.6 Å². The lowest BCUT2D eigenvalue weighted by atomic mass is 9.96. The fourth-order valence-corrected chi connectivity index (χ4v) is 3.44. The Labute approximate surface area is 126 Å². The Balaban J connectivity index is 1.83. The number of carbonyl (C=O) groups is 2. The molecule has 0 radical (unpaired) electrons. The molecule has 1 atom stereocenters. The zero-order valence-corrected chi connectivity index (χ0v) is 12.1. The molecule has 6 heteroatoms. The molecule has 4 rings (SSSR count). The predicted molar refractivity (Wildman–Crippen MR) is 79.2 cm³/mol. The summed E-state index contributed by atoms with van der Waals surface area (Å²) in [5, 5.41) is 15.4. The first-order valence-corrected chi connectivity index (χ1v) is 7.17. The Morgan fingerprint density at radius 2 is 1.95 bits per heavy atom. The van der Waals surface area contributed by atoms with E-state index in [2.05, 4.69) is 15.6 Å². The smallest absolute Gasteiger partial charge is 0.322 e. The maximum Gasteiger partial charge on any atom is 0.322 e. The van der Waals surface area contributed by atoms with Crippen LogP contribution < -0.4 is 10.6 Å². The lowest BCUT2D eigenvalue weighted by molar-refractivity contribution is -0.123. The molecule has 2 heterocycles. The Morgan fingerprint density at radius 3 is 2.59 bits per heavy atom. The number of aryl methyl sites for hydroxylation is 1. The minimum absolute atomic E-state index is 0.0960. The number of carbonyl (C=O) groups excluding carboxylic acids is 2. The van der Waals surface area contributed by atoms with Crippen molar-refractivity contribution in [1.29, 1.82) is 0 Å². The van der Waals surface area contributed by atoms with E-state index in [0.29, 0.717) is 18.5 Å². The highest BCUT2D eigenvalue weighted by atomic mass is 16.3. The first-order valence-electron chi connectivity index (χ1n) is 7.17. The second-order valence-electron chi connectivity index (χ2n) is 6.07. The number of hydrogen-bond donors (Lipinski definition) is 3. The summed E-state index contributed by atoms with van der Waals surface area (Å²) in [6.45, 7) is 1.82. The van der Waals surface area contributed by atoms with E-state index in [1.807, 2.05) is 25.1 Å². The molecule has 1 spiro atoms. The van der Waals surface area contributed by atoms with Gasteiger partial charge in [0.2, 0.25) is 0 Å². The van der Waals surface area contributed by atoms with Gasteiger partial charge in [0.05, 0.1) is 17.8 Å². The van der Waals surface area contributed by atoms with Crippen LogP contribution in [0, 0.1) is 6.92 Å². The van der Waals surface area contributed by atoms with Crippen LogP contribution in [-0.2, 0) is 24.2 Å². The number of pyridine rings is 1. The highest BCUT2D eigenvalue weighted by molar-refractivity contribution is 6.08. The third kappa shape index (κ3) is 1.74. The Kier molecular flexibility index (Phi) is 2.56. The van der Waals surface area contributed by atoms with E-state index in [1.54, 1.807) is 0 Å². The first-order chi connectivity index (χ1) is 10.5. The molecular weight excluding hydrogens is 282 g/mol. The molecule has 1 saturated heterocycles. The van der Waals surface area contributed by atoms with Gasteiger partial charge in [-0.15, -0.1) is 0 Å². The Morgan fingerprint density at radius 1 is 1.23 bits per heavy atom. The van der Waals surface area contributed by atoms with Crippen LogP contribution in [0.2, 0.25) is 0 Å². The average Bonchev–Trinajstić information content (AvgIpc) is 2.94. The van der Waals surface area contributed by atoms with Crippen molar-refractivity contribution in [3.63, 3.8) is 0 Å². The van der Waals surface area contributed by atoms with E-state index in [4.69, 9.17) is 0 Å². The molecule has 2 aliphatic rings. The van der Waals surface area contributed by atoms with Gasteiger partial charge in [-0.2, -0.15) is 0 Å². The number of hydrogen-bond acceptors (Lipinski definition) is 4. The van der Waals surface area contributed by atoms with E-state index in [1.165, 1.54) is 0 Å². The molecule has 112 valence electrons. The number of aliphatic hydroxyl groups is 1. The second-order valence-corrected chi connectivity index (χ2v) is 6.07. The monoisotopic (exact) mass is 297 g/mol. The molecule has 1 aliphatic heterocycles. The first kappa shape index (κ1) is 13.2. The van der Waals surface area contributed by atoms with Crippen LogP contribution in [0.25, 0.3) is 10.9 Å². The largest absolute Gasteiger partial charge is 0.390 e. The number of imide groups is 1. The van der Waals surface area contributed by atoms with Gasteiger partial charge < -0.3 is 10.4 Å². The second kappa shape index (κ2) is 4.27. The van der Waals surface area contributed by atoms with Crippen molar-refractivity contribution in [3.05, 3.63) is 40.6 Å². The molecule has 1 aromatic heterocycles. The number of urea groups is 1. The summed E-state index contributed by atoms with van der Waals surface area (Å²) in [7, 11) is 0. The number of aromatic nitrogens is 1. The molecule has 1 aromatic carbocycles. The van der Waals surface area contributed by atoms with Gasteiger partial charge >= 0.3 is 6.03 Å². The lowest BCUT2D eigenvalue weighted by Gasteiger charge is -2.18. The fraction of sp³-hybridized carbons (Fsp3) is 0.312. The third-order valence-electron chi connectivity index (χ3n) is 4.58. The van der Waals surface area contributed by atoms with Gasteiger partial charge in [-0.1, -0.05) is 0 Å². The number of benzene rings is 1. The molecule has 0 unspecified atom stereocenters. The van der Waals surface area contributed by atoms with Gasteiger partial charge in [0.1, 0.15) is 5.54 Å². The summed E-state index contributed by atoms with van der Waals surface area (Å²) in [4.78, 5) is 28.0. The molecule has 6 nitrogen and oxygen atoms in total. The summed E-state index contributed by atoms with van der Waals surface area (Å²) in [5.74, 6) is -0.266. The summed E-state index contributed by atoms with van der Waals surface area (Å²) in [6.07, 6.45) is 0.969. The number of rotatable bonds is 1. The molecule has 0 bridgehead atoms. The van der Waals surface area contributed by atoms with E-state index < -0.39 is 11.6 Å². The highest BCUT2D eigenvalue weighted by Gasteiger charge is 2.50. The van der Waals surface area contributed by atoms with E-state index in [-0.39, 0.29) is 12.5 Å². The van der Waals surface area contributed by atoms with Gasteiger partial charge in [-0.05, 0) is 41.8 Å². The topological polar surface area (TPSA) is 91.3 Å². The van der Waals surface area contributed by atoms with Crippen molar-refractivity contribution in [2.45, 2.75) is 31.9 Å². The van der Waals surface area contributed by atoms with Crippen molar-refractivity contribution in [2.75, 3.05) is 0 Å². The normalized spacial score (nSPS) is 23.0. The van der Waals surface area contributed by atoms with Gasteiger partial charge in [-0.25, -0.2) is 4.79 Å². The number of nitrogens with zero attached hydrogens (tertiary/aromatic N) is 1. The summed E-state index contributed by atoms with van der Waals surface area (Å²) in [6, 6.07) is 5.54. The van der Waals surface area contributed by atoms with Crippen LogP contribution in [0.4, 0.5) is 4.79 Å². The average molecular weight is 297 g/mol. The van der Waals surface area contributed by atoms with Gasteiger partial charge in [0.15, 0.2) is 0 Å². The standard InChI is InChI=1S/C16H15N3O3/c1-8-2-9-3-10-5-16(14(21)18-15(22)19-16)6-11(10)4-12(9)17-13(8)7-20/h2-4,20H,5-7H2,1H3,(H2,18,19,21,22)/t16-/m1/s1. The van der Waals surface area contributed by atoms with Crippen molar-refractivity contribution in [3.8, 4) is 0 Å². The minimum Gasteiger partial charge on any atom is -0.390 e. The molecule has 3 amide bonds. The third-order valence-corrected chi connectivity index (χ3v) is 4.58. The fourth-order valence-electron chi connectivity index (χ4n) is 3.44. The zero-order chi connectivity index (χ0) is 15.5. The van der Waals surface area contributed by atoms with Gasteiger partial charge in [-0.3, -0.25) is 15.1 Å². The van der Waals surface area contributed by atoms with E-state index >= 15 is 0 Å². The van der Waals surface area contributed by atoms with Crippen LogP contribution >= 0.6 is 0 Å². The minimum atomic E-state index is -0.856. The Hall–Kier alpha value is -2.47. The van der Waals surface area contributed by atoms with Crippen LogP contribution in [0.3, 0.4) is 0 Å². The van der Waals surface area contributed by atoms with Crippen LogP contribution in [0.1, 0.15) is 22.4 Å². The van der Waals surface area contributed by atoms with Crippen molar-refractivity contribution >= 4 is 22.8 Å². The molecule has 1 fully saturated rings. The molecule has 22 heavy (non-hydrogen) atoms. The molecule has 2 aromatic rings. The zero-order valence-electron chi connectivity index (χ0n) is 12.1. The maximum atomic E-state index is 12.1. The van der Waals surface area contributed by atoms with Gasteiger partial charge in [0, 0.05) is 18.2 Å². The molecule has 3 N–H and O–H groups in total. The van der Waals surface area contributed by atoms with Crippen molar-refractivity contribution in [1.82, 2.24) is 15.6 Å². The van der Waals surface area contributed by atoms with Crippen molar-refractivity contribution in [2.24, 2.45) is 0 Å². The van der Waals surface area contributed by atoms with E-state index in [9.17, 15) is 14.7 Å². The summed E-state index contributed by atoms with van der Waals surface area (Å²) >= 11 is 0. The molecular formula is C16H15N3O3. The Bertz CT molecular complexity index is 846. The molecule has 1 aliphatic carbocycles. The predicted octanol–water partition coefficient (Wildman–Crippen LogP) is 0.712.